The number of carbonyl (C=O) groups excluding carboxylic acids is 2. The quantitative estimate of drug-likeness (QED) is 0.832. The summed E-state index contributed by atoms with van der Waals surface area (Å²) in [6.45, 7) is 0.331. The lowest BCUT2D eigenvalue weighted by molar-refractivity contribution is -0.143. The van der Waals surface area contributed by atoms with Crippen molar-refractivity contribution in [1.82, 2.24) is 4.90 Å². The highest BCUT2D eigenvalue weighted by Crippen LogP contribution is 2.45. The fourth-order valence-corrected chi connectivity index (χ4v) is 3.11. The van der Waals surface area contributed by atoms with E-state index in [9.17, 15) is 14.4 Å². The Labute approximate surface area is 134 Å². The first-order valence-electron chi connectivity index (χ1n) is 7.82. The van der Waals surface area contributed by atoms with Crippen molar-refractivity contribution in [2.75, 3.05) is 25.0 Å². The van der Waals surface area contributed by atoms with Crippen molar-refractivity contribution in [1.29, 1.82) is 0 Å². The molecule has 1 unspecified atom stereocenters. The number of hydrogen-bond donors (Lipinski definition) is 1. The maximum absolute atomic E-state index is 11.9. The van der Waals surface area contributed by atoms with Crippen LogP contribution in [-0.2, 0) is 14.4 Å². The monoisotopic (exact) mass is 316 g/mol. The standard InChI is InChI=1S/C17H20N2O4/c1-18-15(20)9-19(10-16(18)21)13-4-2-3-12(7-13)14(8-17(22)23)11-5-6-11/h2-4,7,11,14H,5-6,8-10H2,1H3,(H,22,23). The molecule has 1 aliphatic carbocycles. The first-order chi connectivity index (χ1) is 11.0. The average Bonchev–Trinajstić information content (AvgIpc) is 3.34. The Morgan fingerprint density at radius 2 is 1.91 bits per heavy atom. The molecule has 23 heavy (non-hydrogen) atoms. The summed E-state index contributed by atoms with van der Waals surface area (Å²) < 4.78 is 0. The summed E-state index contributed by atoms with van der Waals surface area (Å²) in [5, 5.41) is 9.13. The van der Waals surface area contributed by atoms with Crippen molar-refractivity contribution >= 4 is 23.5 Å². The van der Waals surface area contributed by atoms with E-state index in [4.69, 9.17) is 5.11 Å². The van der Waals surface area contributed by atoms with Crippen molar-refractivity contribution in [3.63, 3.8) is 0 Å². The van der Waals surface area contributed by atoms with E-state index in [0.29, 0.717) is 5.92 Å². The van der Waals surface area contributed by atoms with Crippen LogP contribution in [0.4, 0.5) is 5.69 Å². The molecule has 2 fully saturated rings. The highest BCUT2D eigenvalue weighted by molar-refractivity contribution is 6.02. The number of imide groups is 1. The number of carbonyl (C=O) groups is 3. The lowest BCUT2D eigenvalue weighted by Gasteiger charge is -2.32. The Bertz CT molecular complexity index is 636. The Morgan fingerprint density at radius 3 is 2.48 bits per heavy atom. The average molecular weight is 316 g/mol. The van der Waals surface area contributed by atoms with Gasteiger partial charge in [0.25, 0.3) is 0 Å². The molecule has 1 saturated carbocycles. The zero-order valence-electron chi connectivity index (χ0n) is 13.1. The van der Waals surface area contributed by atoms with Crippen molar-refractivity contribution in [2.24, 2.45) is 5.92 Å². The summed E-state index contributed by atoms with van der Waals surface area (Å²) in [5.74, 6) is -0.812. The minimum absolute atomic E-state index is 0.00585. The fourth-order valence-electron chi connectivity index (χ4n) is 3.11. The zero-order chi connectivity index (χ0) is 16.6. The summed E-state index contributed by atoms with van der Waals surface area (Å²) in [4.78, 5) is 37.7. The normalized spacial score (nSPS) is 19.9. The molecular formula is C17H20N2O4. The Morgan fingerprint density at radius 1 is 1.26 bits per heavy atom. The van der Waals surface area contributed by atoms with E-state index in [0.717, 1.165) is 29.0 Å². The largest absolute Gasteiger partial charge is 0.481 e. The van der Waals surface area contributed by atoms with E-state index in [1.54, 1.807) is 4.90 Å². The number of rotatable bonds is 5. The maximum atomic E-state index is 11.9. The van der Waals surface area contributed by atoms with E-state index in [2.05, 4.69) is 0 Å². The molecule has 1 N–H and O–H groups in total. The third-order valence-corrected chi connectivity index (χ3v) is 4.65. The molecule has 122 valence electrons. The van der Waals surface area contributed by atoms with Crippen LogP contribution in [0.5, 0.6) is 0 Å². The number of piperazine rings is 1. The van der Waals surface area contributed by atoms with Gasteiger partial charge in [-0.3, -0.25) is 19.3 Å². The molecule has 1 aromatic carbocycles. The second-order valence-electron chi connectivity index (χ2n) is 6.34. The summed E-state index contributed by atoms with van der Waals surface area (Å²) in [7, 11) is 1.49. The predicted octanol–water partition coefficient (Wildman–Crippen LogP) is 1.46. The Balaban J connectivity index is 1.83. The van der Waals surface area contributed by atoms with Crippen LogP contribution in [0.2, 0.25) is 0 Å². The van der Waals surface area contributed by atoms with Gasteiger partial charge in [0.15, 0.2) is 0 Å². The van der Waals surface area contributed by atoms with E-state index in [-0.39, 0.29) is 37.2 Å². The summed E-state index contributed by atoms with van der Waals surface area (Å²) in [6.07, 6.45) is 2.25. The van der Waals surface area contributed by atoms with Gasteiger partial charge in [0, 0.05) is 12.7 Å². The van der Waals surface area contributed by atoms with Gasteiger partial charge in [0.2, 0.25) is 11.8 Å². The number of nitrogens with zero attached hydrogens (tertiary/aromatic N) is 2. The van der Waals surface area contributed by atoms with E-state index < -0.39 is 5.97 Å². The number of hydrogen-bond acceptors (Lipinski definition) is 4. The van der Waals surface area contributed by atoms with E-state index >= 15 is 0 Å². The Kier molecular flexibility index (Phi) is 4.07. The van der Waals surface area contributed by atoms with Crippen LogP contribution in [-0.4, -0.2) is 47.9 Å². The van der Waals surface area contributed by atoms with E-state index in [1.807, 2.05) is 24.3 Å². The second kappa shape index (κ2) is 6.02. The molecule has 6 nitrogen and oxygen atoms in total. The molecule has 0 spiro atoms. The molecule has 1 atom stereocenters. The van der Waals surface area contributed by atoms with Crippen LogP contribution in [0.25, 0.3) is 0 Å². The third-order valence-electron chi connectivity index (χ3n) is 4.65. The van der Waals surface area contributed by atoms with Gasteiger partial charge in [-0.05, 0) is 42.4 Å². The smallest absolute Gasteiger partial charge is 0.303 e. The SMILES string of the molecule is CN1C(=O)CN(c2cccc(C(CC(=O)O)C3CC3)c2)CC1=O. The van der Waals surface area contributed by atoms with Gasteiger partial charge in [0.05, 0.1) is 19.5 Å². The molecule has 0 radical (unpaired) electrons. The maximum Gasteiger partial charge on any atom is 0.303 e. The number of amides is 2. The minimum Gasteiger partial charge on any atom is -0.481 e. The van der Waals surface area contributed by atoms with Gasteiger partial charge in [0.1, 0.15) is 0 Å². The van der Waals surface area contributed by atoms with Crippen LogP contribution >= 0.6 is 0 Å². The van der Waals surface area contributed by atoms with Crippen LogP contribution in [0.1, 0.15) is 30.7 Å². The van der Waals surface area contributed by atoms with Gasteiger partial charge >= 0.3 is 5.97 Å². The zero-order valence-corrected chi connectivity index (χ0v) is 13.1. The van der Waals surface area contributed by atoms with Crippen molar-refractivity contribution in [2.45, 2.75) is 25.2 Å². The third kappa shape index (κ3) is 3.36. The van der Waals surface area contributed by atoms with Crippen LogP contribution in [0.15, 0.2) is 24.3 Å². The number of benzene rings is 1. The molecule has 1 heterocycles. The molecule has 1 saturated heterocycles. The van der Waals surface area contributed by atoms with Crippen LogP contribution in [0.3, 0.4) is 0 Å². The highest BCUT2D eigenvalue weighted by atomic mass is 16.4. The molecule has 0 aromatic heterocycles. The molecule has 1 aromatic rings. The minimum atomic E-state index is -0.794. The highest BCUT2D eigenvalue weighted by Gasteiger charge is 2.34. The molecule has 1 aliphatic heterocycles. The second-order valence-corrected chi connectivity index (χ2v) is 6.34. The lowest BCUT2D eigenvalue weighted by atomic mass is 9.90. The lowest BCUT2D eigenvalue weighted by Crippen LogP contribution is -2.52. The predicted molar refractivity (Wildman–Crippen MR) is 84.1 cm³/mol. The fraction of sp³-hybridized carbons (Fsp3) is 0.471. The van der Waals surface area contributed by atoms with Gasteiger partial charge in [-0.15, -0.1) is 0 Å². The van der Waals surface area contributed by atoms with Gasteiger partial charge in [-0.25, -0.2) is 0 Å². The summed E-state index contributed by atoms with van der Waals surface area (Å²) >= 11 is 0. The topological polar surface area (TPSA) is 77.9 Å². The van der Waals surface area contributed by atoms with Crippen molar-refractivity contribution in [3.05, 3.63) is 29.8 Å². The number of likely N-dealkylation sites (N-methyl/N-ethyl adjacent to an activating group) is 1. The van der Waals surface area contributed by atoms with Crippen LogP contribution in [0, 0.1) is 5.92 Å². The van der Waals surface area contributed by atoms with Crippen molar-refractivity contribution < 1.29 is 19.5 Å². The van der Waals surface area contributed by atoms with Gasteiger partial charge < -0.3 is 10.0 Å². The van der Waals surface area contributed by atoms with Crippen LogP contribution < -0.4 is 4.90 Å². The molecular weight excluding hydrogens is 296 g/mol. The summed E-state index contributed by atoms with van der Waals surface area (Å²) in [5.41, 5.74) is 1.78. The molecule has 2 amide bonds. The number of carboxylic acid groups (broad SMARTS) is 1. The Hall–Kier alpha value is -2.37. The number of aliphatic carboxylic acids is 1. The van der Waals surface area contributed by atoms with Gasteiger partial charge in [-0.2, -0.15) is 0 Å². The van der Waals surface area contributed by atoms with Gasteiger partial charge in [-0.1, -0.05) is 12.1 Å². The molecule has 0 bridgehead atoms. The number of carboxylic acids is 1. The first kappa shape index (κ1) is 15.5. The van der Waals surface area contributed by atoms with E-state index in [1.165, 1.54) is 7.05 Å². The first-order valence-corrected chi connectivity index (χ1v) is 7.82. The molecule has 3 rings (SSSR count). The molecule has 6 heteroatoms. The number of anilines is 1. The summed E-state index contributed by atoms with van der Waals surface area (Å²) in [6, 6.07) is 7.60. The van der Waals surface area contributed by atoms with Crippen molar-refractivity contribution in [3.8, 4) is 0 Å². The molecule has 2 aliphatic rings.